The molecule has 1 amide bonds. The summed E-state index contributed by atoms with van der Waals surface area (Å²) in [5.74, 6) is 1.83. The van der Waals surface area contributed by atoms with E-state index in [9.17, 15) is 13.2 Å². The SMILES string of the molecule is CSC12CC3CC(C1)C(NC(=O)CC(C)(C)NS(=O)(=O)c1cccc(Cl)c1C)C(C3)C2. The molecule has 0 aliphatic heterocycles. The van der Waals surface area contributed by atoms with Crippen LogP contribution in [-0.2, 0) is 14.8 Å². The van der Waals surface area contributed by atoms with E-state index < -0.39 is 15.6 Å². The molecule has 2 N–H and O–H groups in total. The van der Waals surface area contributed by atoms with Crippen molar-refractivity contribution >= 4 is 39.3 Å². The van der Waals surface area contributed by atoms with Gasteiger partial charge in [-0.2, -0.15) is 11.8 Å². The minimum Gasteiger partial charge on any atom is -0.353 e. The highest BCUT2D eigenvalue weighted by molar-refractivity contribution is 8.00. The van der Waals surface area contributed by atoms with Crippen molar-refractivity contribution in [3.05, 3.63) is 28.8 Å². The third-order valence-electron chi connectivity index (χ3n) is 7.50. The van der Waals surface area contributed by atoms with Gasteiger partial charge in [0.25, 0.3) is 0 Å². The lowest BCUT2D eigenvalue weighted by molar-refractivity contribution is -0.125. The van der Waals surface area contributed by atoms with E-state index in [-0.39, 0.29) is 23.3 Å². The Balaban J connectivity index is 1.41. The molecule has 0 saturated heterocycles. The van der Waals surface area contributed by atoms with Gasteiger partial charge in [0.05, 0.1) is 4.90 Å². The minimum atomic E-state index is -3.80. The number of halogens is 1. The van der Waals surface area contributed by atoms with E-state index in [1.54, 1.807) is 32.9 Å². The number of thioether (sulfide) groups is 1. The molecule has 4 aliphatic rings. The van der Waals surface area contributed by atoms with Gasteiger partial charge in [0.15, 0.2) is 0 Å². The van der Waals surface area contributed by atoms with Crippen molar-refractivity contribution in [3.63, 3.8) is 0 Å². The molecule has 0 spiro atoms. The summed E-state index contributed by atoms with van der Waals surface area (Å²) in [7, 11) is -3.80. The molecule has 5 rings (SSSR count). The highest BCUT2D eigenvalue weighted by atomic mass is 35.5. The van der Waals surface area contributed by atoms with E-state index in [2.05, 4.69) is 16.3 Å². The number of sulfonamides is 1. The van der Waals surface area contributed by atoms with Gasteiger partial charge in [-0.3, -0.25) is 4.79 Å². The van der Waals surface area contributed by atoms with Gasteiger partial charge >= 0.3 is 0 Å². The molecule has 172 valence electrons. The molecule has 0 radical (unpaired) electrons. The fourth-order valence-corrected chi connectivity index (χ4v) is 9.48. The smallest absolute Gasteiger partial charge is 0.241 e. The average molecular weight is 485 g/mol. The van der Waals surface area contributed by atoms with Gasteiger partial charge in [0.2, 0.25) is 15.9 Å². The zero-order valence-electron chi connectivity index (χ0n) is 18.7. The Morgan fingerprint density at radius 2 is 1.87 bits per heavy atom. The van der Waals surface area contributed by atoms with Crippen LogP contribution >= 0.6 is 23.4 Å². The van der Waals surface area contributed by atoms with Crippen LogP contribution in [0.1, 0.15) is 57.9 Å². The van der Waals surface area contributed by atoms with Gasteiger partial charge < -0.3 is 5.32 Å². The van der Waals surface area contributed by atoms with E-state index in [4.69, 9.17) is 11.6 Å². The average Bonchev–Trinajstić information content (AvgIpc) is 2.65. The fraction of sp³-hybridized carbons (Fsp3) is 0.696. The van der Waals surface area contributed by atoms with Crippen molar-refractivity contribution in [2.45, 2.75) is 80.5 Å². The predicted octanol–water partition coefficient (Wildman–Crippen LogP) is 4.52. The van der Waals surface area contributed by atoms with E-state index in [1.807, 2.05) is 11.8 Å². The van der Waals surface area contributed by atoms with Crippen LogP contribution in [0.25, 0.3) is 0 Å². The van der Waals surface area contributed by atoms with Gasteiger partial charge in [-0.05, 0) is 94.6 Å². The molecule has 4 fully saturated rings. The highest BCUT2D eigenvalue weighted by Crippen LogP contribution is 2.60. The number of hydrogen-bond donors (Lipinski definition) is 2. The Kier molecular flexibility index (Phi) is 6.21. The number of rotatable bonds is 7. The van der Waals surface area contributed by atoms with E-state index in [1.165, 1.54) is 38.2 Å². The Bertz CT molecular complexity index is 963. The number of benzene rings is 1. The van der Waals surface area contributed by atoms with Gasteiger partial charge in [-0.15, -0.1) is 0 Å². The lowest BCUT2D eigenvalue weighted by atomic mass is 9.53. The molecule has 4 aliphatic carbocycles. The normalized spacial score (nSPS) is 32.3. The molecular formula is C23H33ClN2O3S2. The summed E-state index contributed by atoms with van der Waals surface area (Å²) >= 11 is 8.13. The molecule has 0 heterocycles. The first-order valence-electron chi connectivity index (χ1n) is 11.1. The molecule has 31 heavy (non-hydrogen) atoms. The number of amides is 1. The number of nitrogens with one attached hydrogen (secondary N) is 2. The molecule has 2 atom stereocenters. The Morgan fingerprint density at radius 1 is 1.23 bits per heavy atom. The fourth-order valence-electron chi connectivity index (χ4n) is 6.41. The molecule has 0 aromatic heterocycles. The van der Waals surface area contributed by atoms with Crippen molar-refractivity contribution in [2.75, 3.05) is 6.26 Å². The predicted molar refractivity (Wildman–Crippen MR) is 127 cm³/mol. The molecule has 5 nitrogen and oxygen atoms in total. The summed E-state index contributed by atoms with van der Waals surface area (Å²) in [5, 5.41) is 3.71. The van der Waals surface area contributed by atoms with Crippen LogP contribution in [0.5, 0.6) is 0 Å². The van der Waals surface area contributed by atoms with Crippen molar-refractivity contribution in [3.8, 4) is 0 Å². The number of carbonyl (C=O) groups is 1. The van der Waals surface area contributed by atoms with E-state index in [0.717, 1.165) is 5.92 Å². The second-order valence-corrected chi connectivity index (χ2v) is 13.8. The Hall–Kier alpha value is -0.760. The Labute approximate surface area is 195 Å². The van der Waals surface area contributed by atoms with E-state index >= 15 is 0 Å². The first kappa shape index (κ1) is 23.4. The quantitative estimate of drug-likeness (QED) is 0.596. The third-order valence-corrected chi connectivity index (χ3v) is 11.1. The molecule has 1 aromatic carbocycles. The van der Waals surface area contributed by atoms with E-state index in [0.29, 0.717) is 27.2 Å². The van der Waals surface area contributed by atoms with Gasteiger partial charge in [-0.25, -0.2) is 13.1 Å². The van der Waals surface area contributed by atoms with Crippen LogP contribution in [0.4, 0.5) is 0 Å². The number of carbonyl (C=O) groups excluding carboxylic acids is 1. The first-order chi connectivity index (χ1) is 14.4. The van der Waals surface area contributed by atoms with Crippen molar-refractivity contribution in [2.24, 2.45) is 17.8 Å². The Morgan fingerprint density at radius 3 is 2.48 bits per heavy atom. The maximum Gasteiger partial charge on any atom is 0.241 e. The highest BCUT2D eigenvalue weighted by Gasteiger charge is 2.55. The van der Waals surface area contributed by atoms with Crippen LogP contribution in [0.15, 0.2) is 23.1 Å². The standard InChI is InChI=1S/C23H33ClN2O3S2/c1-14-18(24)6-5-7-19(14)31(28,29)26-22(2,3)13-20(27)25-21-16-8-15-9-17(21)12-23(10-15,11-16)30-4/h5-7,15-17,21,26H,8-13H2,1-4H3,(H,25,27). The molecule has 4 saturated carbocycles. The third kappa shape index (κ3) is 4.66. The summed E-state index contributed by atoms with van der Waals surface area (Å²) < 4.78 is 29.0. The zero-order valence-corrected chi connectivity index (χ0v) is 21.1. The minimum absolute atomic E-state index is 0.0776. The summed E-state index contributed by atoms with van der Waals surface area (Å²) in [4.78, 5) is 13.1. The number of hydrogen-bond acceptors (Lipinski definition) is 4. The largest absolute Gasteiger partial charge is 0.353 e. The van der Waals surface area contributed by atoms with Gasteiger partial charge in [0, 0.05) is 27.8 Å². The second kappa shape index (κ2) is 8.23. The second-order valence-electron chi connectivity index (χ2n) is 10.5. The molecule has 2 unspecified atom stereocenters. The van der Waals surface area contributed by atoms with Crippen molar-refractivity contribution < 1.29 is 13.2 Å². The topological polar surface area (TPSA) is 75.3 Å². The monoisotopic (exact) mass is 484 g/mol. The first-order valence-corrected chi connectivity index (χ1v) is 14.2. The molecular weight excluding hydrogens is 452 g/mol. The molecule has 1 aromatic rings. The zero-order chi connectivity index (χ0) is 22.6. The van der Waals surface area contributed by atoms with Crippen LogP contribution in [-0.4, -0.2) is 36.9 Å². The van der Waals surface area contributed by atoms with Crippen LogP contribution in [0.2, 0.25) is 5.02 Å². The summed E-state index contributed by atoms with van der Waals surface area (Å²) in [6.45, 7) is 5.19. The molecule has 4 bridgehead atoms. The van der Waals surface area contributed by atoms with Crippen molar-refractivity contribution in [1.82, 2.24) is 10.0 Å². The van der Waals surface area contributed by atoms with Crippen LogP contribution < -0.4 is 10.0 Å². The lowest BCUT2D eigenvalue weighted by Gasteiger charge is -2.59. The van der Waals surface area contributed by atoms with Crippen LogP contribution in [0.3, 0.4) is 0 Å². The van der Waals surface area contributed by atoms with Crippen molar-refractivity contribution in [1.29, 1.82) is 0 Å². The lowest BCUT2D eigenvalue weighted by Crippen LogP contribution is -2.61. The van der Waals surface area contributed by atoms with Gasteiger partial charge in [0.1, 0.15) is 0 Å². The van der Waals surface area contributed by atoms with Crippen LogP contribution in [0, 0.1) is 24.7 Å². The van der Waals surface area contributed by atoms with Gasteiger partial charge in [-0.1, -0.05) is 17.7 Å². The molecule has 8 heteroatoms. The summed E-state index contributed by atoms with van der Waals surface area (Å²) in [6.07, 6.45) is 8.48. The maximum atomic E-state index is 13.0. The summed E-state index contributed by atoms with van der Waals surface area (Å²) in [5.41, 5.74) is -0.405. The summed E-state index contributed by atoms with van der Waals surface area (Å²) in [6, 6.07) is 5.06. The maximum absolute atomic E-state index is 13.0.